The minimum absolute atomic E-state index is 0.0961. The van der Waals surface area contributed by atoms with Crippen molar-refractivity contribution in [2.75, 3.05) is 13.7 Å². The first-order valence-corrected chi connectivity index (χ1v) is 10.3. The monoisotopic (exact) mass is 442 g/mol. The number of hydrogen-bond donors (Lipinski definition) is 0. The molecule has 0 N–H and O–H groups in total. The van der Waals surface area contributed by atoms with Crippen molar-refractivity contribution < 1.29 is 14.3 Å². The lowest BCUT2D eigenvalue weighted by molar-refractivity contribution is -0.159. The fraction of sp³-hybridized carbons (Fsp3) is 0.571. The van der Waals surface area contributed by atoms with Crippen LogP contribution in [0.1, 0.15) is 50.2 Å². The molecule has 0 bridgehead atoms. The summed E-state index contributed by atoms with van der Waals surface area (Å²) in [6, 6.07) is 4.00. The van der Waals surface area contributed by atoms with E-state index in [2.05, 4.69) is 29.4 Å². The zero-order valence-electron chi connectivity index (χ0n) is 15.9. The molecule has 1 fully saturated rings. The van der Waals surface area contributed by atoms with E-state index in [0.717, 1.165) is 46.9 Å². The van der Waals surface area contributed by atoms with Gasteiger partial charge in [0.15, 0.2) is 0 Å². The maximum atomic E-state index is 12.7. The van der Waals surface area contributed by atoms with Gasteiger partial charge in [-0.3, -0.25) is 4.79 Å². The molecule has 0 unspecified atom stereocenters. The van der Waals surface area contributed by atoms with Gasteiger partial charge in [-0.15, -0.1) is 0 Å². The van der Waals surface area contributed by atoms with Crippen LogP contribution in [0.4, 0.5) is 0 Å². The van der Waals surface area contributed by atoms with E-state index >= 15 is 0 Å². The Morgan fingerprint density at radius 3 is 2.62 bits per heavy atom. The summed E-state index contributed by atoms with van der Waals surface area (Å²) in [7, 11) is 1.74. The SMILES string of the molecule is C=C(Cc1cc(Cl)c(Br)cc1C)CC1(C(=O)OCC)CCC(OC)CC1. The summed E-state index contributed by atoms with van der Waals surface area (Å²) in [5.41, 5.74) is 2.87. The number of esters is 1. The first-order valence-electron chi connectivity index (χ1n) is 9.12. The van der Waals surface area contributed by atoms with Gasteiger partial charge in [-0.05, 0) is 91.6 Å². The fourth-order valence-electron chi connectivity index (χ4n) is 3.81. The molecule has 2 rings (SSSR count). The molecule has 144 valence electrons. The number of ether oxygens (including phenoxy) is 2. The van der Waals surface area contributed by atoms with Crippen LogP contribution in [0.5, 0.6) is 0 Å². The summed E-state index contributed by atoms with van der Waals surface area (Å²) in [5, 5.41) is 0.694. The Morgan fingerprint density at radius 2 is 2.04 bits per heavy atom. The molecule has 26 heavy (non-hydrogen) atoms. The standard InChI is InChI=1S/C21H28BrClO3/c1-5-26-20(24)21(8-6-17(25-4)7-9-21)13-14(2)10-16-12-19(23)18(22)11-15(16)3/h11-12,17H,2,5-10,13H2,1,3-4H3. The number of hydrogen-bond acceptors (Lipinski definition) is 3. The van der Waals surface area contributed by atoms with Crippen molar-refractivity contribution in [3.8, 4) is 0 Å². The van der Waals surface area contributed by atoms with Crippen LogP contribution in [-0.4, -0.2) is 25.8 Å². The summed E-state index contributed by atoms with van der Waals surface area (Å²) in [4.78, 5) is 12.7. The highest BCUT2D eigenvalue weighted by Crippen LogP contribution is 2.43. The largest absolute Gasteiger partial charge is 0.466 e. The number of aryl methyl sites for hydroxylation is 1. The molecule has 1 aromatic carbocycles. The van der Waals surface area contributed by atoms with E-state index in [1.165, 1.54) is 0 Å². The van der Waals surface area contributed by atoms with Crippen molar-refractivity contribution in [1.82, 2.24) is 0 Å². The Hall–Kier alpha value is -0.840. The number of rotatable bonds is 7. The van der Waals surface area contributed by atoms with Crippen LogP contribution in [0.2, 0.25) is 5.02 Å². The second kappa shape index (κ2) is 9.38. The molecular formula is C21H28BrClO3. The molecule has 1 aliphatic rings. The van der Waals surface area contributed by atoms with Crippen molar-refractivity contribution in [1.29, 1.82) is 0 Å². The molecule has 0 aromatic heterocycles. The zero-order chi connectivity index (χ0) is 19.3. The third-order valence-corrected chi connectivity index (χ3v) is 6.54. The van der Waals surface area contributed by atoms with Gasteiger partial charge in [0, 0.05) is 11.6 Å². The zero-order valence-corrected chi connectivity index (χ0v) is 18.2. The molecule has 0 atom stereocenters. The molecule has 0 amide bonds. The third kappa shape index (κ3) is 5.11. The lowest BCUT2D eigenvalue weighted by Crippen LogP contribution is -2.39. The molecule has 1 aromatic rings. The average Bonchev–Trinajstić information content (AvgIpc) is 2.60. The van der Waals surface area contributed by atoms with Gasteiger partial charge < -0.3 is 9.47 Å². The van der Waals surface area contributed by atoms with Crippen molar-refractivity contribution in [2.24, 2.45) is 5.41 Å². The number of carbonyl (C=O) groups excluding carboxylic acids is 1. The summed E-state index contributed by atoms with van der Waals surface area (Å²) >= 11 is 9.70. The van der Waals surface area contributed by atoms with Crippen LogP contribution in [0.25, 0.3) is 0 Å². The fourth-order valence-corrected chi connectivity index (χ4v) is 4.45. The minimum atomic E-state index is -0.477. The summed E-state index contributed by atoms with van der Waals surface area (Å²) in [6.07, 6.45) is 4.92. The molecule has 0 radical (unpaired) electrons. The Bertz CT molecular complexity index is 663. The highest BCUT2D eigenvalue weighted by atomic mass is 79.9. The average molecular weight is 444 g/mol. The van der Waals surface area contributed by atoms with E-state index in [0.29, 0.717) is 24.5 Å². The van der Waals surface area contributed by atoms with Gasteiger partial charge in [-0.25, -0.2) is 0 Å². The first kappa shape index (κ1) is 21.5. The molecule has 0 aliphatic heterocycles. The van der Waals surface area contributed by atoms with Gasteiger partial charge in [0.1, 0.15) is 0 Å². The van der Waals surface area contributed by atoms with Crippen molar-refractivity contribution in [2.45, 2.75) is 58.5 Å². The lowest BCUT2D eigenvalue weighted by atomic mass is 9.69. The number of halogens is 2. The maximum Gasteiger partial charge on any atom is 0.312 e. The van der Waals surface area contributed by atoms with E-state index < -0.39 is 5.41 Å². The van der Waals surface area contributed by atoms with E-state index in [9.17, 15) is 4.79 Å². The minimum Gasteiger partial charge on any atom is -0.466 e. The summed E-state index contributed by atoms with van der Waals surface area (Å²) in [5.74, 6) is -0.0961. The Kier molecular flexibility index (Phi) is 7.75. The van der Waals surface area contributed by atoms with E-state index in [1.54, 1.807) is 7.11 Å². The molecule has 5 heteroatoms. The predicted molar refractivity (Wildman–Crippen MR) is 110 cm³/mol. The molecule has 3 nitrogen and oxygen atoms in total. The van der Waals surface area contributed by atoms with Gasteiger partial charge in [-0.2, -0.15) is 0 Å². The van der Waals surface area contributed by atoms with Crippen LogP contribution >= 0.6 is 27.5 Å². The normalized spacial score (nSPS) is 22.9. The quantitative estimate of drug-likeness (QED) is 0.381. The van der Waals surface area contributed by atoms with Crippen molar-refractivity contribution >= 4 is 33.5 Å². The number of carbonyl (C=O) groups is 1. The number of allylic oxidation sites excluding steroid dienone is 1. The van der Waals surface area contributed by atoms with Gasteiger partial charge in [-0.1, -0.05) is 23.8 Å². The van der Waals surface area contributed by atoms with Crippen molar-refractivity contribution in [3.05, 3.63) is 44.9 Å². The second-order valence-electron chi connectivity index (χ2n) is 7.23. The van der Waals surface area contributed by atoms with Gasteiger partial charge >= 0.3 is 5.97 Å². The van der Waals surface area contributed by atoms with Gasteiger partial charge in [0.25, 0.3) is 0 Å². The topological polar surface area (TPSA) is 35.5 Å². The van der Waals surface area contributed by atoms with Crippen LogP contribution < -0.4 is 0 Å². The van der Waals surface area contributed by atoms with E-state index in [1.807, 2.05) is 19.1 Å². The van der Waals surface area contributed by atoms with Crippen LogP contribution in [0.3, 0.4) is 0 Å². The lowest BCUT2D eigenvalue weighted by Gasteiger charge is -2.38. The van der Waals surface area contributed by atoms with Gasteiger partial charge in [0.05, 0.1) is 23.1 Å². The number of methoxy groups -OCH3 is 1. The molecule has 1 saturated carbocycles. The van der Waals surface area contributed by atoms with Gasteiger partial charge in [0.2, 0.25) is 0 Å². The first-order chi connectivity index (χ1) is 12.3. The number of benzene rings is 1. The van der Waals surface area contributed by atoms with Crippen LogP contribution in [-0.2, 0) is 20.7 Å². The molecule has 1 aliphatic carbocycles. The predicted octanol–water partition coefficient (Wildman–Crippen LogP) is 6.04. The van der Waals surface area contributed by atoms with E-state index in [4.69, 9.17) is 21.1 Å². The second-order valence-corrected chi connectivity index (χ2v) is 8.49. The van der Waals surface area contributed by atoms with Crippen molar-refractivity contribution in [3.63, 3.8) is 0 Å². The Balaban J connectivity index is 2.14. The molecule has 0 heterocycles. The molecular weight excluding hydrogens is 416 g/mol. The molecule has 0 saturated heterocycles. The summed E-state index contributed by atoms with van der Waals surface area (Å²) < 4.78 is 11.8. The van der Waals surface area contributed by atoms with Crippen LogP contribution in [0.15, 0.2) is 28.8 Å². The highest BCUT2D eigenvalue weighted by Gasteiger charge is 2.43. The smallest absolute Gasteiger partial charge is 0.312 e. The maximum absolute atomic E-state index is 12.7. The Labute approximate surface area is 170 Å². The molecule has 0 spiro atoms. The van der Waals surface area contributed by atoms with Crippen LogP contribution in [0, 0.1) is 12.3 Å². The third-order valence-electron chi connectivity index (χ3n) is 5.34. The highest BCUT2D eigenvalue weighted by molar-refractivity contribution is 9.10. The summed E-state index contributed by atoms with van der Waals surface area (Å²) in [6.45, 7) is 8.59. The Morgan fingerprint density at radius 1 is 1.38 bits per heavy atom. The van der Waals surface area contributed by atoms with E-state index in [-0.39, 0.29) is 12.1 Å².